The van der Waals surface area contributed by atoms with Gasteiger partial charge in [-0.05, 0) is 18.2 Å². The van der Waals surface area contributed by atoms with E-state index in [1.54, 1.807) is 12.1 Å². The van der Waals surface area contributed by atoms with Gasteiger partial charge < -0.3 is 4.74 Å². The van der Waals surface area contributed by atoms with Gasteiger partial charge in [0.1, 0.15) is 11.6 Å². The van der Waals surface area contributed by atoms with Crippen LogP contribution in [0.3, 0.4) is 0 Å². The van der Waals surface area contributed by atoms with Gasteiger partial charge in [0.2, 0.25) is 0 Å². The molecule has 0 spiro atoms. The van der Waals surface area contributed by atoms with Crippen LogP contribution < -0.4 is 4.74 Å². The lowest BCUT2D eigenvalue weighted by Gasteiger charge is -2.04. The molecule has 0 amide bonds. The summed E-state index contributed by atoms with van der Waals surface area (Å²) < 4.78 is 7.51. The Bertz CT molecular complexity index is 758. The van der Waals surface area contributed by atoms with Gasteiger partial charge in [0, 0.05) is 18.7 Å². The van der Waals surface area contributed by atoms with Crippen molar-refractivity contribution in [1.82, 2.24) is 14.6 Å². The molecule has 5 nitrogen and oxygen atoms in total. The second kappa shape index (κ2) is 5.41. The predicted octanol–water partition coefficient (Wildman–Crippen LogP) is 2.22. The standard InChI is InChI=1S/C15H12N4O/c16-11-12-6-8-19-14(17-18-15(19)10-12)7-9-20-13-4-2-1-3-5-13/h1-6,8,10H,7,9H2. The molecule has 0 bridgehead atoms. The second-order valence-electron chi connectivity index (χ2n) is 4.28. The van der Waals surface area contributed by atoms with Crippen LogP contribution in [0.4, 0.5) is 0 Å². The third kappa shape index (κ3) is 2.45. The molecule has 0 aliphatic rings. The van der Waals surface area contributed by atoms with E-state index in [0.29, 0.717) is 24.2 Å². The Morgan fingerprint density at radius 2 is 2.00 bits per heavy atom. The van der Waals surface area contributed by atoms with Crippen LogP contribution in [0, 0.1) is 11.3 Å². The first-order valence-electron chi connectivity index (χ1n) is 6.28. The summed E-state index contributed by atoms with van der Waals surface area (Å²) in [5.74, 6) is 1.66. The SMILES string of the molecule is N#Cc1ccn2c(CCOc3ccccc3)nnc2c1. The predicted molar refractivity (Wildman–Crippen MR) is 73.3 cm³/mol. The molecule has 0 saturated heterocycles. The fourth-order valence-electron chi connectivity index (χ4n) is 1.96. The molecule has 5 heteroatoms. The minimum Gasteiger partial charge on any atom is -0.493 e. The number of hydrogen-bond acceptors (Lipinski definition) is 4. The Labute approximate surface area is 116 Å². The van der Waals surface area contributed by atoms with Crippen molar-refractivity contribution >= 4 is 5.65 Å². The summed E-state index contributed by atoms with van der Waals surface area (Å²) in [4.78, 5) is 0. The molecule has 3 aromatic rings. The zero-order valence-corrected chi connectivity index (χ0v) is 10.7. The molecule has 0 fully saturated rings. The molecular formula is C15H12N4O. The molecule has 2 aromatic heterocycles. The fourth-order valence-corrected chi connectivity index (χ4v) is 1.96. The Kier molecular flexibility index (Phi) is 3.29. The van der Waals surface area contributed by atoms with Gasteiger partial charge >= 0.3 is 0 Å². The van der Waals surface area contributed by atoms with Gasteiger partial charge in [-0.15, -0.1) is 10.2 Å². The largest absolute Gasteiger partial charge is 0.493 e. The van der Waals surface area contributed by atoms with E-state index in [9.17, 15) is 0 Å². The van der Waals surface area contributed by atoms with Crippen molar-refractivity contribution in [2.45, 2.75) is 6.42 Å². The Hall–Kier alpha value is -2.87. The van der Waals surface area contributed by atoms with Crippen LogP contribution in [0.5, 0.6) is 5.75 Å². The van der Waals surface area contributed by atoms with Gasteiger partial charge in [-0.3, -0.25) is 4.40 Å². The van der Waals surface area contributed by atoms with Crippen molar-refractivity contribution in [1.29, 1.82) is 5.26 Å². The van der Waals surface area contributed by atoms with Crippen LogP contribution in [0.25, 0.3) is 5.65 Å². The van der Waals surface area contributed by atoms with Crippen molar-refractivity contribution in [2.75, 3.05) is 6.61 Å². The highest BCUT2D eigenvalue weighted by Crippen LogP contribution is 2.10. The first-order valence-corrected chi connectivity index (χ1v) is 6.28. The number of nitrogens with zero attached hydrogens (tertiary/aromatic N) is 4. The van der Waals surface area contributed by atoms with Gasteiger partial charge in [0.25, 0.3) is 0 Å². The smallest absolute Gasteiger partial charge is 0.162 e. The number of para-hydroxylation sites is 1. The summed E-state index contributed by atoms with van der Waals surface area (Å²) in [5, 5.41) is 17.0. The topological polar surface area (TPSA) is 63.2 Å². The first-order chi connectivity index (χ1) is 9.86. The third-order valence-corrected chi connectivity index (χ3v) is 2.95. The Morgan fingerprint density at radius 3 is 2.80 bits per heavy atom. The zero-order chi connectivity index (χ0) is 13.8. The normalized spacial score (nSPS) is 10.3. The van der Waals surface area contributed by atoms with Crippen LogP contribution in [0.1, 0.15) is 11.4 Å². The van der Waals surface area contributed by atoms with E-state index in [2.05, 4.69) is 16.3 Å². The lowest BCUT2D eigenvalue weighted by Crippen LogP contribution is -2.04. The van der Waals surface area contributed by atoms with Crippen molar-refractivity contribution in [3.05, 3.63) is 60.0 Å². The monoisotopic (exact) mass is 264 g/mol. The minimum atomic E-state index is 0.533. The first kappa shape index (κ1) is 12.2. The number of rotatable bonds is 4. The average molecular weight is 264 g/mol. The summed E-state index contributed by atoms with van der Waals surface area (Å²) in [6.45, 7) is 0.533. The second-order valence-corrected chi connectivity index (χ2v) is 4.28. The van der Waals surface area contributed by atoms with Gasteiger partial charge in [0.05, 0.1) is 18.2 Å². The maximum absolute atomic E-state index is 8.84. The number of benzene rings is 1. The molecule has 0 aliphatic heterocycles. The summed E-state index contributed by atoms with van der Waals surface area (Å²) in [5.41, 5.74) is 1.26. The van der Waals surface area contributed by atoms with Crippen LogP contribution in [-0.4, -0.2) is 21.2 Å². The van der Waals surface area contributed by atoms with E-state index in [1.165, 1.54) is 0 Å². The van der Waals surface area contributed by atoms with Crippen LogP contribution in [0.15, 0.2) is 48.7 Å². The van der Waals surface area contributed by atoms with Gasteiger partial charge in [-0.2, -0.15) is 5.26 Å². The molecule has 0 unspecified atom stereocenters. The lowest BCUT2D eigenvalue weighted by atomic mass is 10.3. The van der Waals surface area contributed by atoms with Crippen molar-refractivity contribution in [3.63, 3.8) is 0 Å². The zero-order valence-electron chi connectivity index (χ0n) is 10.7. The van der Waals surface area contributed by atoms with Gasteiger partial charge in [0.15, 0.2) is 5.65 Å². The maximum Gasteiger partial charge on any atom is 0.162 e. The van der Waals surface area contributed by atoms with E-state index in [0.717, 1.165) is 11.6 Å². The van der Waals surface area contributed by atoms with E-state index < -0.39 is 0 Å². The van der Waals surface area contributed by atoms with Crippen LogP contribution >= 0.6 is 0 Å². The molecule has 0 atom stereocenters. The molecule has 20 heavy (non-hydrogen) atoms. The van der Waals surface area contributed by atoms with Gasteiger partial charge in [-0.1, -0.05) is 18.2 Å². The van der Waals surface area contributed by atoms with Gasteiger partial charge in [-0.25, -0.2) is 0 Å². The quantitative estimate of drug-likeness (QED) is 0.724. The number of hydrogen-bond donors (Lipinski definition) is 0. The molecule has 98 valence electrons. The Morgan fingerprint density at radius 1 is 1.15 bits per heavy atom. The lowest BCUT2D eigenvalue weighted by molar-refractivity contribution is 0.318. The molecule has 2 heterocycles. The number of pyridine rings is 1. The number of ether oxygens (including phenoxy) is 1. The fraction of sp³-hybridized carbons (Fsp3) is 0.133. The molecule has 1 aromatic carbocycles. The Balaban J connectivity index is 1.71. The van der Waals surface area contributed by atoms with Crippen LogP contribution in [-0.2, 0) is 6.42 Å². The van der Waals surface area contributed by atoms with Crippen molar-refractivity contribution in [3.8, 4) is 11.8 Å². The number of nitriles is 1. The average Bonchev–Trinajstić information content (AvgIpc) is 2.91. The third-order valence-electron chi connectivity index (χ3n) is 2.95. The van der Waals surface area contributed by atoms with E-state index >= 15 is 0 Å². The van der Waals surface area contributed by atoms with E-state index in [4.69, 9.17) is 10.00 Å². The van der Waals surface area contributed by atoms with E-state index in [1.807, 2.05) is 40.9 Å². The molecule has 0 saturated carbocycles. The summed E-state index contributed by atoms with van der Waals surface area (Å²) >= 11 is 0. The highest BCUT2D eigenvalue weighted by atomic mass is 16.5. The number of fused-ring (bicyclic) bond motifs is 1. The number of aromatic nitrogens is 3. The minimum absolute atomic E-state index is 0.533. The molecule has 3 rings (SSSR count). The molecule has 0 radical (unpaired) electrons. The maximum atomic E-state index is 8.84. The van der Waals surface area contributed by atoms with Crippen molar-refractivity contribution < 1.29 is 4.74 Å². The summed E-state index contributed by atoms with van der Waals surface area (Å²) in [7, 11) is 0. The molecule has 0 N–H and O–H groups in total. The summed E-state index contributed by atoms with van der Waals surface area (Å²) in [6.07, 6.45) is 2.47. The highest BCUT2D eigenvalue weighted by Gasteiger charge is 2.06. The summed E-state index contributed by atoms with van der Waals surface area (Å²) in [6, 6.07) is 15.2. The molecule has 0 aliphatic carbocycles. The molecular weight excluding hydrogens is 252 g/mol. The van der Waals surface area contributed by atoms with Crippen molar-refractivity contribution in [2.24, 2.45) is 0 Å². The highest BCUT2D eigenvalue weighted by molar-refractivity contribution is 5.45. The van der Waals surface area contributed by atoms with E-state index in [-0.39, 0.29) is 0 Å². The van der Waals surface area contributed by atoms with Crippen LogP contribution in [0.2, 0.25) is 0 Å².